The maximum atomic E-state index is 12.1. The molecule has 0 radical (unpaired) electrons. The molecule has 1 aromatic heterocycles. The number of carbonyl (C=O) groups excluding carboxylic acids is 2. The molecule has 2 heterocycles. The van der Waals surface area contributed by atoms with Crippen molar-refractivity contribution >= 4 is 45.8 Å². The summed E-state index contributed by atoms with van der Waals surface area (Å²) in [6, 6.07) is 7.32. The second-order valence-corrected chi connectivity index (χ2v) is 7.62. The highest BCUT2D eigenvalue weighted by molar-refractivity contribution is 8.24. The Labute approximate surface area is 154 Å². The molecule has 0 aliphatic carbocycles. The van der Waals surface area contributed by atoms with E-state index in [9.17, 15) is 9.59 Å². The van der Waals surface area contributed by atoms with Crippen LogP contribution in [-0.2, 0) is 9.59 Å². The fraction of sp³-hybridized carbons (Fsp3) is 0.312. The normalized spacial score (nSPS) is 17.2. The highest BCUT2D eigenvalue weighted by Gasteiger charge is 2.33. The zero-order chi connectivity index (χ0) is 18.0. The van der Waals surface area contributed by atoms with Crippen molar-refractivity contribution < 1.29 is 9.59 Å². The lowest BCUT2D eigenvalue weighted by Gasteiger charge is -2.15. The van der Waals surface area contributed by atoms with Gasteiger partial charge in [0.15, 0.2) is 0 Å². The molecule has 1 aliphatic rings. The van der Waals surface area contributed by atoms with Gasteiger partial charge in [-0.05, 0) is 38.1 Å². The van der Waals surface area contributed by atoms with Crippen molar-refractivity contribution in [1.82, 2.24) is 19.9 Å². The molecule has 1 aliphatic heterocycles. The molecule has 0 spiro atoms. The lowest BCUT2D eigenvalue weighted by molar-refractivity contribution is -0.126. The number of anilines is 1. The Balaban J connectivity index is 1.56. The number of aromatic nitrogens is 3. The van der Waals surface area contributed by atoms with Gasteiger partial charge in [0.25, 0.3) is 0 Å². The topological polar surface area (TPSA) is 80.1 Å². The first-order chi connectivity index (χ1) is 12.0. The van der Waals surface area contributed by atoms with E-state index in [1.54, 1.807) is 23.0 Å². The van der Waals surface area contributed by atoms with Crippen LogP contribution in [0.5, 0.6) is 0 Å². The highest BCUT2D eigenvalue weighted by atomic mass is 32.2. The van der Waals surface area contributed by atoms with Crippen LogP contribution in [-0.4, -0.2) is 47.8 Å². The standard InChI is InChI=1S/C16H17N5O2S2/c1-10-9-17-19-21(10)13-5-3-12(4-6-13)18-14(22)7-8-20-15(23)11(2)25-16(20)24/h3-6,9,11H,7-8H2,1-2H3,(H,18,22). The number of rotatable bonds is 5. The molecule has 1 fully saturated rings. The zero-order valence-corrected chi connectivity index (χ0v) is 15.4. The van der Waals surface area contributed by atoms with E-state index in [1.165, 1.54) is 16.7 Å². The predicted molar refractivity (Wildman–Crippen MR) is 101 cm³/mol. The molecule has 7 nitrogen and oxygen atoms in total. The molecule has 9 heteroatoms. The fourth-order valence-electron chi connectivity index (χ4n) is 2.44. The van der Waals surface area contributed by atoms with E-state index < -0.39 is 0 Å². The minimum absolute atomic E-state index is 0.0321. The zero-order valence-electron chi connectivity index (χ0n) is 13.8. The van der Waals surface area contributed by atoms with Crippen LogP contribution in [0, 0.1) is 6.92 Å². The van der Waals surface area contributed by atoms with Gasteiger partial charge in [0, 0.05) is 18.7 Å². The average Bonchev–Trinajstić information content (AvgIpc) is 3.10. The second-order valence-electron chi connectivity index (χ2n) is 5.65. The van der Waals surface area contributed by atoms with Crippen LogP contribution >= 0.6 is 24.0 Å². The van der Waals surface area contributed by atoms with Gasteiger partial charge < -0.3 is 5.32 Å². The summed E-state index contributed by atoms with van der Waals surface area (Å²) >= 11 is 6.52. The molecule has 3 rings (SSSR count). The number of nitrogens with zero attached hydrogens (tertiary/aromatic N) is 4. The molecule has 0 saturated carbocycles. The first kappa shape index (κ1) is 17.6. The van der Waals surface area contributed by atoms with Crippen LogP contribution in [0.4, 0.5) is 5.69 Å². The number of benzene rings is 1. The molecule has 130 valence electrons. The molecule has 1 unspecified atom stereocenters. The largest absolute Gasteiger partial charge is 0.326 e. The molecule has 0 bridgehead atoms. The third kappa shape index (κ3) is 3.88. The summed E-state index contributed by atoms with van der Waals surface area (Å²) < 4.78 is 2.25. The van der Waals surface area contributed by atoms with Crippen molar-refractivity contribution in [3.05, 3.63) is 36.2 Å². The second kappa shape index (κ2) is 7.32. The summed E-state index contributed by atoms with van der Waals surface area (Å²) in [4.78, 5) is 25.5. The molecule has 1 N–H and O–H groups in total. The van der Waals surface area contributed by atoms with Gasteiger partial charge in [-0.1, -0.05) is 29.2 Å². The van der Waals surface area contributed by atoms with Crippen LogP contribution in [0.2, 0.25) is 0 Å². The van der Waals surface area contributed by atoms with Crippen LogP contribution in [0.25, 0.3) is 5.69 Å². The highest BCUT2D eigenvalue weighted by Crippen LogP contribution is 2.26. The molecular weight excluding hydrogens is 358 g/mol. The monoisotopic (exact) mass is 375 g/mol. The van der Waals surface area contributed by atoms with Crippen molar-refractivity contribution in [2.45, 2.75) is 25.5 Å². The minimum Gasteiger partial charge on any atom is -0.326 e. The summed E-state index contributed by atoms with van der Waals surface area (Å²) in [5.74, 6) is -0.194. The van der Waals surface area contributed by atoms with E-state index in [0.717, 1.165) is 11.4 Å². The molecule has 1 atom stereocenters. The molecule has 2 amide bonds. The van der Waals surface area contributed by atoms with Crippen LogP contribution in [0.3, 0.4) is 0 Å². The minimum atomic E-state index is -0.164. The van der Waals surface area contributed by atoms with E-state index in [-0.39, 0.29) is 23.5 Å². The van der Waals surface area contributed by atoms with Crippen LogP contribution in [0.1, 0.15) is 19.0 Å². The summed E-state index contributed by atoms with van der Waals surface area (Å²) in [6.45, 7) is 4.04. The van der Waals surface area contributed by atoms with E-state index in [0.29, 0.717) is 16.6 Å². The van der Waals surface area contributed by atoms with E-state index in [1.807, 2.05) is 26.0 Å². The van der Waals surface area contributed by atoms with Gasteiger partial charge in [-0.25, -0.2) is 4.68 Å². The van der Waals surface area contributed by atoms with Gasteiger partial charge in [-0.15, -0.1) is 5.10 Å². The van der Waals surface area contributed by atoms with Gasteiger partial charge in [0.2, 0.25) is 11.8 Å². The Bertz CT molecular complexity index is 818. The average molecular weight is 375 g/mol. The van der Waals surface area contributed by atoms with Crippen molar-refractivity contribution in [1.29, 1.82) is 0 Å². The summed E-state index contributed by atoms with van der Waals surface area (Å²) in [6.07, 6.45) is 1.88. The molecule has 1 saturated heterocycles. The van der Waals surface area contributed by atoms with Gasteiger partial charge in [0.05, 0.1) is 22.8 Å². The van der Waals surface area contributed by atoms with E-state index in [4.69, 9.17) is 12.2 Å². The van der Waals surface area contributed by atoms with E-state index >= 15 is 0 Å². The Morgan fingerprint density at radius 3 is 2.64 bits per heavy atom. The third-order valence-corrected chi connectivity index (χ3v) is 5.28. The quantitative estimate of drug-likeness (QED) is 0.807. The Hall–Kier alpha value is -2.26. The maximum absolute atomic E-state index is 12.1. The van der Waals surface area contributed by atoms with Gasteiger partial charge in [-0.2, -0.15) is 0 Å². The number of hydrogen-bond donors (Lipinski definition) is 1. The smallest absolute Gasteiger partial charge is 0.241 e. The van der Waals surface area contributed by atoms with Gasteiger partial charge >= 0.3 is 0 Å². The Morgan fingerprint density at radius 2 is 2.08 bits per heavy atom. The number of thiocarbonyl (C=S) groups is 1. The summed E-state index contributed by atoms with van der Waals surface area (Å²) in [7, 11) is 0. The molecular formula is C16H17N5O2S2. The third-order valence-electron chi connectivity index (χ3n) is 3.79. The predicted octanol–water partition coefficient (Wildman–Crippen LogP) is 2.15. The number of hydrogen-bond acceptors (Lipinski definition) is 6. The van der Waals surface area contributed by atoms with Crippen molar-refractivity contribution in [3.8, 4) is 5.69 Å². The van der Waals surface area contributed by atoms with Gasteiger partial charge in [-0.3, -0.25) is 14.5 Å². The van der Waals surface area contributed by atoms with Crippen molar-refractivity contribution in [2.24, 2.45) is 0 Å². The van der Waals surface area contributed by atoms with Crippen molar-refractivity contribution in [3.63, 3.8) is 0 Å². The maximum Gasteiger partial charge on any atom is 0.241 e. The lowest BCUT2D eigenvalue weighted by Crippen LogP contribution is -2.33. The lowest BCUT2D eigenvalue weighted by atomic mass is 10.2. The Morgan fingerprint density at radius 1 is 1.36 bits per heavy atom. The van der Waals surface area contributed by atoms with Crippen LogP contribution in [0.15, 0.2) is 30.5 Å². The summed E-state index contributed by atoms with van der Waals surface area (Å²) in [5, 5.41) is 10.5. The molecule has 1 aromatic carbocycles. The summed E-state index contributed by atoms with van der Waals surface area (Å²) in [5.41, 5.74) is 2.48. The molecule has 25 heavy (non-hydrogen) atoms. The van der Waals surface area contributed by atoms with Crippen LogP contribution < -0.4 is 5.32 Å². The van der Waals surface area contributed by atoms with Crippen molar-refractivity contribution in [2.75, 3.05) is 11.9 Å². The Kier molecular flexibility index (Phi) is 5.14. The first-order valence-electron chi connectivity index (χ1n) is 7.75. The number of thioether (sulfide) groups is 1. The SMILES string of the molecule is Cc1cnnn1-c1ccc(NC(=O)CCN2C(=O)C(C)SC2=S)cc1. The number of carbonyl (C=O) groups is 2. The number of nitrogens with one attached hydrogen (secondary N) is 1. The fourth-order valence-corrected chi connectivity index (χ4v) is 3.89. The number of aryl methyl sites for hydroxylation is 1. The van der Waals surface area contributed by atoms with Gasteiger partial charge in [0.1, 0.15) is 4.32 Å². The number of amides is 2. The first-order valence-corrected chi connectivity index (χ1v) is 9.04. The van der Waals surface area contributed by atoms with E-state index in [2.05, 4.69) is 15.6 Å². The molecule has 2 aromatic rings.